The van der Waals surface area contributed by atoms with Crippen LogP contribution < -0.4 is 5.56 Å². The van der Waals surface area contributed by atoms with Crippen molar-refractivity contribution in [1.29, 1.82) is 0 Å². The summed E-state index contributed by atoms with van der Waals surface area (Å²) < 4.78 is 2.63. The van der Waals surface area contributed by atoms with Gasteiger partial charge in [-0.25, -0.2) is 4.68 Å². The van der Waals surface area contributed by atoms with Gasteiger partial charge in [0.2, 0.25) is 0 Å². The van der Waals surface area contributed by atoms with Crippen molar-refractivity contribution in [2.45, 2.75) is 6.54 Å². The number of rotatable bonds is 2. The molecule has 1 N–H and O–H groups in total. The zero-order chi connectivity index (χ0) is 12.5. The third kappa shape index (κ3) is 1.66. The molecular weight excluding hydrogens is 230 g/mol. The van der Waals surface area contributed by atoms with Crippen LogP contribution >= 0.6 is 0 Å². The minimum Gasteiger partial charge on any atom is -0.479 e. The topological polar surface area (TPSA) is 59.5 Å². The van der Waals surface area contributed by atoms with Gasteiger partial charge in [0.1, 0.15) is 5.52 Å². The molecule has 0 spiro atoms. The van der Waals surface area contributed by atoms with Gasteiger partial charge in [-0.3, -0.25) is 9.20 Å². The number of aromatic hydroxyl groups is 1. The Morgan fingerprint density at radius 3 is 2.67 bits per heavy atom. The van der Waals surface area contributed by atoms with E-state index < -0.39 is 0 Å². The van der Waals surface area contributed by atoms with Gasteiger partial charge >= 0.3 is 6.01 Å². The molecule has 5 heteroatoms. The van der Waals surface area contributed by atoms with E-state index in [0.29, 0.717) is 12.1 Å². The summed E-state index contributed by atoms with van der Waals surface area (Å²) in [6.07, 6.45) is 1.60. The Kier molecular flexibility index (Phi) is 2.37. The van der Waals surface area contributed by atoms with Crippen LogP contribution in [0.3, 0.4) is 0 Å². The van der Waals surface area contributed by atoms with Crippen LogP contribution in [0.25, 0.3) is 5.52 Å². The van der Waals surface area contributed by atoms with Crippen molar-refractivity contribution in [2.24, 2.45) is 0 Å². The Balaban J connectivity index is 2.13. The Hall–Kier alpha value is -2.56. The molecule has 2 aromatic heterocycles. The second-order valence-corrected chi connectivity index (χ2v) is 4.01. The molecule has 0 bridgehead atoms. The van der Waals surface area contributed by atoms with Crippen LogP contribution in [0.2, 0.25) is 0 Å². The lowest BCUT2D eigenvalue weighted by atomic mass is 10.2. The summed E-state index contributed by atoms with van der Waals surface area (Å²) in [6.45, 7) is 0.342. The molecular formula is C13H11N3O2. The molecule has 1 aromatic carbocycles. The minimum absolute atomic E-state index is 0.189. The largest absolute Gasteiger partial charge is 0.479 e. The summed E-state index contributed by atoms with van der Waals surface area (Å²) in [5.41, 5.74) is 1.16. The van der Waals surface area contributed by atoms with Crippen LogP contribution in [-0.4, -0.2) is 19.3 Å². The first-order chi connectivity index (χ1) is 8.75. The Bertz CT molecular complexity index is 744. The highest BCUT2D eigenvalue weighted by Crippen LogP contribution is 2.08. The van der Waals surface area contributed by atoms with E-state index in [4.69, 9.17) is 0 Å². The lowest BCUT2D eigenvalue weighted by Crippen LogP contribution is -2.25. The predicted octanol–water partition coefficient (Wildman–Crippen LogP) is 1.25. The predicted molar refractivity (Wildman–Crippen MR) is 66.7 cm³/mol. The van der Waals surface area contributed by atoms with Crippen molar-refractivity contribution in [1.82, 2.24) is 14.2 Å². The SMILES string of the molecule is O=c1c2cccn2c(O)nn1Cc1ccccc1. The smallest absolute Gasteiger partial charge is 0.316 e. The summed E-state index contributed by atoms with van der Waals surface area (Å²) in [5.74, 6) is 0. The van der Waals surface area contributed by atoms with E-state index in [1.54, 1.807) is 18.3 Å². The Morgan fingerprint density at radius 1 is 1.11 bits per heavy atom. The highest BCUT2D eigenvalue weighted by atomic mass is 16.3. The zero-order valence-corrected chi connectivity index (χ0v) is 9.52. The Labute approximate surface area is 103 Å². The number of benzene rings is 1. The number of aromatic nitrogens is 3. The first-order valence-corrected chi connectivity index (χ1v) is 5.57. The molecule has 18 heavy (non-hydrogen) atoms. The van der Waals surface area contributed by atoms with E-state index in [1.165, 1.54) is 9.08 Å². The van der Waals surface area contributed by atoms with E-state index in [-0.39, 0.29) is 11.6 Å². The molecule has 3 rings (SSSR count). The average molecular weight is 241 g/mol. The minimum atomic E-state index is -0.221. The van der Waals surface area contributed by atoms with E-state index in [9.17, 15) is 9.90 Å². The molecule has 0 aliphatic heterocycles. The number of hydrogen-bond donors (Lipinski definition) is 1. The molecule has 0 aliphatic carbocycles. The lowest BCUT2D eigenvalue weighted by Gasteiger charge is -2.06. The molecule has 0 atom stereocenters. The van der Waals surface area contributed by atoms with Gasteiger partial charge < -0.3 is 5.11 Å². The highest BCUT2D eigenvalue weighted by Gasteiger charge is 2.08. The molecule has 0 saturated carbocycles. The third-order valence-corrected chi connectivity index (χ3v) is 2.80. The van der Waals surface area contributed by atoms with Gasteiger partial charge in [-0.2, -0.15) is 0 Å². The van der Waals surface area contributed by atoms with Crippen molar-refractivity contribution in [3.05, 3.63) is 64.6 Å². The van der Waals surface area contributed by atoms with Gasteiger partial charge in [-0.1, -0.05) is 30.3 Å². The van der Waals surface area contributed by atoms with E-state index in [0.717, 1.165) is 5.56 Å². The van der Waals surface area contributed by atoms with Crippen molar-refractivity contribution < 1.29 is 5.11 Å². The fourth-order valence-corrected chi connectivity index (χ4v) is 1.93. The van der Waals surface area contributed by atoms with Crippen molar-refractivity contribution >= 4 is 5.52 Å². The molecule has 90 valence electrons. The second-order valence-electron chi connectivity index (χ2n) is 4.01. The zero-order valence-electron chi connectivity index (χ0n) is 9.52. The fraction of sp³-hybridized carbons (Fsp3) is 0.0769. The van der Waals surface area contributed by atoms with Gasteiger partial charge in [0.05, 0.1) is 6.54 Å². The first kappa shape index (κ1) is 10.6. The molecule has 2 heterocycles. The maximum Gasteiger partial charge on any atom is 0.316 e. The molecule has 0 amide bonds. The third-order valence-electron chi connectivity index (χ3n) is 2.80. The Morgan fingerprint density at radius 2 is 1.89 bits per heavy atom. The summed E-state index contributed by atoms with van der Waals surface area (Å²) >= 11 is 0. The van der Waals surface area contributed by atoms with Crippen LogP contribution in [0, 0.1) is 0 Å². The monoisotopic (exact) mass is 241 g/mol. The van der Waals surface area contributed by atoms with Gasteiger partial charge in [0.15, 0.2) is 0 Å². The molecule has 5 nitrogen and oxygen atoms in total. The molecule has 3 aromatic rings. The van der Waals surface area contributed by atoms with Gasteiger partial charge in [-0.05, 0) is 17.7 Å². The highest BCUT2D eigenvalue weighted by molar-refractivity contribution is 5.46. The van der Waals surface area contributed by atoms with Crippen molar-refractivity contribution in [2.75, 3.05) is 0 Å². The maximum atomic E-state index is 12.1. The van der Waals surface area contributed by atoms with E-state index in [2.05, 4.69) is 5.10 Å². The summed E-state index contributed by atoms with van der Waals surface area (Å²) in [6, 6.07) is 12.7. The van der Waals surface area contributed by atoms with Crippen LogP contribution in [0.5, 0.6) is 6.01 Å². The summed E-state index contributed by atoms with van der Waals surface area (Å²) in [5, 5.41) is 13.6. The molecule has 0 saturated heterocycles. The van der Waals surface area contributed by atoms with Crippen molar-refractivity contribution in [3.63, 3.8) is 0 Å². The molecule has 0 fully saturated rings. The van der Waals surface area contributed by atoms with Crippen LogP contribution in [0.4, 0.5) is 0 Å². The number of hydrogen-bond acceptors (Lipinski definition) is 3. The average Bonchev–Trinajstić information content (AvgIpc) is 2.87. The van der Waals surface area contributed by atoms with Gasteiger partial charge in [0, 0.05) is 6.20 Å². The van der Waals surface area contributed by atoms with Crippen molar-refractivity contribution in [3.8, 4) is 6.01 Å². The van der Waals surface area contributed by atoms with Gasteiger partial charge in [-0.15, -0.1) is 5.10 Å². The number of fused-ring (bicyclic) bond motifs is 1. The summed E-state index contributed by atoms with van der Waals surface area (Å²) in [7, 11) is 0. The van der Waals surface area contributed by atoms with E-state index in [1.807, 2.05) is 30.3 Å². The van der Waals surface area contributed by atoms with E-state index >= 15 is 0 Å². The maximum absolute atomic E-state index is 12.1. The summed E-state index contributed by atoms with van der Waals surface area (Å²) in [4.78, 5) is 12.1. The second kappa shape index (κ2) is 4.03. The van der Waals surface area contributed by atoms with Crippen LogP contribution in [-0.2, 0) is 6.54 Å². The van der Waals surface area contributed by atoms with Crippen LogP contribution in [0.1, 0.15) is 5.56 Å². The first-order valence-electron chi connectivity index (χ1n) is 5.57. The number of nitrogens with zero attached hydrogens (tertiary/aromatic N) is 3. The lowest BCUT2D eigenvalue weighted by molar-refractivity contribution is 0.394. The molecule has 0 aliphatic rings. The fourth-order valence-electron chi connectivity index (χ4n) is 1.93. The van der Waals surface area contributed by atoms with Gasteiger partial charge in [0.25, 0.3) is 5.56 Å². The molecule has 0 radical (unpaired) electrons. The quantitative estimate of drug-likeness (QED) is 0.734. The normalized spacial score (nSPS) is 10.9. The standard InChI is InChI=1S/C13H11N3O2/c17-12-11-7-4-8-15(11)13(18)14-16(12)9-10-5-2-1-3-6-10/h1-8H,9H2,(H,14,18). The van der Waals surface area contributed by atoms with Crippen LogP contribution in [0.15, 0.2) is 53.5 Å². The molecule has 0 unspecified atom stereocenters.